The van der Waals surface area contributed by atoms with Crippen LogP contribution in [-0.4, -0.2) is 72.8 Å². The van der Waals surface area contributed by atoms with Crippen LogP contribution < -0.4 is 5.32 Å². The molecular formula is C14H24N4O. The van der Waals surface area contributed by atoms with E-state index in [9.17, 15) is 0 Å². The van der Waals surface area contributed by atoms with Crippen molar-refractivity contribution in [2.75, 3.05) is 52.9 Å². The third-order valence-electron chi connectivity index (χ3n) is 3.69. The van der Waals surface area contributed by atoms with E-state index in [4.69, 9.17) is 5.11 Å². The average Bonchev–Trinajstić information content (AvgIpc) is 2.47. The molecule has 0 bridgehead atoms. The van der Waals surface area contributed by atoms with E-state index in [0.717, 1.165) is 32.7 Å². The van der Waals surface area contributed by atoms with Gasteiger partial charge in [-0.05, 0) is 18.7 Å². The van der Waals surface area contributed by atoms with Crippen molar-refractivity contribution in [3.05, 3.63) is 30.1 Å². The van der Waals surface area contributed by atoms with E-state index < -0.39 is 0 Å². The van der Waals surface area contributed by atoms with E-state index in [1.54, 1.807) is 6.20 Å². The zero-order chi connectivity index (χ0) is 13.5. The van der Waals surface area contributed by atoms with E-state index in [1.807, 2.05) is 12.3 Å². The van der Waals surface area contributed by atoms with Gasteiger partial charge in [-0.3, -0.25) is 14.8 Å². The van der Waals surface area contributed by atoms with Crippen molar-refractivity contribution in [1.82, 2.24) is 20.1 Å². The van der Waals surface area contributed by atoms with Gasteiger partial charge in [0, 0.05) is 57.7 Å². The molecule has 1 unspecified atom stereocenters. The molecule has 0 radical (unpaired) electrons. The van der Waals surface area contributed by atoms with Crippen molar-refractivity contribution in [2.24, 2.45) is 0 Å². The van der Waals surface area contributed by atoms with Crippen LogP contribution in [0, 0.1) is 0 Å². The van der Waals surface area contributed by atoms with E-state index >= 15 is 0 Å². The van der Waals surface area contributed by atoms with Gasteiger partial charge in [-0.25, -0.2) is 0 Å². The fraction of sp³-hybridized carbons (Fsp3) is 0.643. The molecule has 0 amide bonds. The van der Waals surface area contributed by atoms with Crippen LogP contribution in [0.15, 0.2) is 24.5 Å². The maximum Gasteiger partial charge on any atom is 0.0558 e. The minimum atomic E-state index is 0.189. The Hall–Kier alpha value is -1.01. The van der Waals surface area contributed by atoms with Crippen molar-refractivity contribution in [3.63, 3.8) is 0 Å². The number of hydrogen-bond donors (Lipinski definition) is 2. The lowest BCUT2D eigenvalue weighted by Gasteiger charge is -2.35. The first kappa shape index (κ1) is 14.4. The fourth-order valence-corrected chi connectivity index (χ4v) is 2.52. The topological polar surface area (TPSA) is 51.6 Å². The van der Waals surface area contributed by atoms with Crippen LogP contribution in [0.2, 0.25) is 0 Å². The molecule has 1 aliphatic rings. The summed E-state index contributed by atoms with van der Waals surface area (Å²) in [5.41, 5.74) is 1.22. The molecular weight excluding hydrogens is 240 g/mol. The minimum absolute atomic E-state index is 0.189. The smallest absolute Gasteiger partial charge is 0.0558 e. The van der Waals surface area contributed by atoms with Crippen LogP contribution in [0.25, 0.3) is 0 Å². The largest absolute Gasteiger partial charge is 0.395 e. The summed E-state index contributed by atoms with van der Waals surface area (Å²) < 4.78 is 0. The van der Waals surface area contributed by atoms with Crippen molar-refractivity contribution < 1.29 is 5.11 Å². The van der Waals surface area contributed by atoms with Gasteiger partial charge in [0.25, 0.3) is 0 Å². The number of aliphatic hydroxyl groups is 1. The Labute approximate surface area is 115 Å². The summed E-state index contributed by atoms with van der Waals surface area (Å²) >= 11 is 0. The number of piperazine rings is 1. The Morgan fingerprint density at radius 1 is 1.47 bits per heavy atom. The third-order valence-corrected chi connectivity index (χ3v) is 3.69. The maximum absolute atomic E-state index is 9.16. The summed E-state index contributed by atoms with van der Waals surface area (Å²) in [7, 11) is 2.07. The zero-order valence-electron chi connectivity index (χ0n) is 11.6. The summed E-state index contributed by atoms with van der Waals surface area (Å²) in [6.45, 7) is 6.16. The highest BCUT2D eigenvalue weighted by Crippen LogP contribution is 2.19. The molecule has 19 heavy (non-hydrogen) atoms. The summed E-state index contributed by atoms with van der Waals surface area (Å²) in [4.78, 5) is 8.90. The predicted molar refractivity (Wildman–Crippen MR) is 76.0 cm³/mol. The summed E-state index contributed by atoms with van der Waals surface area (Å²) in [6.07, 6.45) is 3.73. The standard InChI is InChI=1S/C14H24N4O/c1-17(9-10-19)14(13-3-2-4-16-11-13)12-18-7-5-15-6-8-18/h2-4,11,14-15,19H,5-10,12H2,1H3. The number of pyridine rings is 1. The number of nitrogens with one attached hydrogen (secondary N) is 1. The number of aliphatic hydroxyl groups excluding tert-OH is 1. The highest BCUT2D eigenvalue weighted by Gasteiger charge is 2.21. The maximum atomic E-state index is 9.16. The van der Waals surface area contributed by atoms with Gasteiger partial charge in [-0.15, -0.1) is 0 Å². The van der Waals surface area contributed by atoms with Crippen LogP contribution in [0.1, 0.15) is 11.6 Å². The van der Waals surface area contributed by atoms with Crippen LogP contribution in [0.3, 0.4) is 0 Å². The first-order valence-electron chi connectivity index (χ1n) is 6.95. The van der Waals surface area contributed by atoms with E-state index in [1.165, 1.54) is 5.56 Å². The molecule has 1 fully saturated rings. The van der Waals surface area contributed by atoms with Gasteiger partial charge in [-0.1, -0.05) is 6.07 Å². The Morgan fingerprint density at radius 3 is 2.89 bits per heavy atom. The SMILES string of the molecule is CN(CCO)C(CN1CCNCC1)c1cccnc1. The van der Waals surface area contributed by atoms with Gasteiger partial charge in [0.05, 0.1) is 6.61 Å². The minimum Gasteiger partial charge on any atom is -0.395 e. The number of aromatic nitrogens is 1. The Bertz CT molecular complexity index is 354. The number of rotatable bonds is 6. The number of likely N-dealkylation sites (N-methyl/N-ethyl adjacent to an activating group) is 1. The monoisotopic (exact) mass is 264 g/mol. The van der Waals surface area contributed by atoms with Crippen molar-refractivity contribution >= 4 is 0 Å². The van der Waals surface area contributed by atoms with Gasteiger partial charge < -0.3 is 10.4 Å². The van der Waals surface area contributed by atoms with Crippen molar-refractivity contribution in [1.29, 1.82) is 0 Å². The molecule has 0 saturated carbocycles. The second-order valence-corrected chi connectivity index (χ2v) is 5.06. The molecule has 0 spiro atoms. The second kappa shape index (κ2) is 7.55. The fourth-order valence-electron chi connectivity index (χ4n) is 2.52. The lowest BCUT2D eigenvalue weighted by atomic mass is 10.1. The second-order valence-electron chi connectivity index (χ2n) is 5.06. The first-order chi connectivity index (χ1) is 9.31. The molecule has 1 aromatic heterocycles. The van der Waals surface area contributed by atoms with Gasteiger partial charge >= 0.3 is 0 Å². The van der Waals surface area contributed by atoms with Crippen LogP contribution in [0.4, 0.5) is 0 Å². The third kappa shape index (κ3) is 4.24. The van der Waals surface area contributed by atoms with Gasteiger partial charge in [0.2, 0.25) is 0 Å². The lowest BCUT2D eigenvalue weighted by molar-refractivity contribution is 0.129. The molecule has 2 heterocycles. The quantitative estimate of drug-likeness (QED) is 0.755. The lowest BCUT2D eigenvalue weighted by Crippen LogP contribution is -2.47. The molecule has 0 aliphatic carbocycles. The molecule has 2 N–H and O–H groups in total. The normalized spacial score (nSPS) is 18.7. The van der Waals surface area contributed by atoms with E-state index in [2.05, 4.69) is 33.2 Å². The first-order valence-corrected chi connectivity index (χ1v) is 6.95. The summed E-state index contributed by atoms with van der Waals surface area (Å²) in [5, 5.41) is 12.5. The molecule has 2 rings (SSSR count). The molecule has 0 aromatic carbocycles. The van der Waals surface area contributed by atoms with Gasteiger partial charge in [0.15, 0.2) is 0 Å². The predicted octanol–water partition coefficient (Wildman–Crippen LogP) is -0.0480. The van der Waals surface area contributed by atoms with Crippen molar-refractivity contribution in [2.45, 2.75) is 6.04 Å². The average molecular weight is 264 g/mol. The molecule has 1 aromatic rings. The van der Waals surface area contributed by atoms with Crippen LogP contribution >= 0.6 is 0 Å². The van der Waals surface area contributed by atoms with Gasteiger partial charge in [-0.2, -0.15) is 0 Å². The van der Waals surface area contributed by atoms with Crippen molar-refractivity contribution in [3.8, 4) is 0 Å². The molecule has 5 nitrogen and oxygen atoms in total. The molecule has 5 heteroatoms. The number of hydrogen-bond acceptors (Lipinski definition) is 5. The highest BCUT2D eigenvalue weighted by molar-refractivity contribution is 5.14. The Balaban J connectivity index is 2.05. The Kier molecular flexibility index (Phi) is 5.72. The van der Waals surface area contributed by atoms with Gasteiger partial charge in [0.1, 0.15) is 0 Å². The number of nitrogens with zero attached hydrogens (tertiary/aromatic N) is 3. The van der Waals surface area contributed by atoms with E-state index in [-0.39, 0.29) is 6.61 Å². The highest BCUT2D eigenvalue weighted by atomic mass is 16.3. The molecule has 1 atom stereocenters. The summed E-state index contributed by atoms with van der Waals surface area (Å²) in [5.74, 6) is 0. The molecule has 1 saturated heterocycles. The van der Waals surface area contributed by atoms with Crippen LogP contribution in [0.5, 0.6) is 0 Å². The molecule has 106 valence electrons. The molecule has 1 aliphatic heterocycles. The van der Waals surface area contributed by atoms with Crippen LogP contribution in [-0.2, 0) is 0 Å². The summed E-state index contributed by atoms with van der Waals surface area (Å²) in [6, 6.07) is 4.39. The van der Waals surface area contributed by atoms with E-state index in [0.29, 0.717) is 12.6 Å². The zero-order valence-corrected chi connectivity index (χ0v) is 11.6. The Morgan fingerprint density at radius 2 is 2.26 bits per heavy atom.